The van der Waals surface area contributed by atoms with Crippen molar-refractivity contribution in [3.8, 4) is 10.6 Å². The summed E-state index contributed by atoms with van der Waals surface area (Å²) < 4.78 is 0. The average molecular weight is 321 g/mol. The fraction of sp³-hybridized carbons (Fsp3) is 0.167. The van der Waals surface area contributed by atoms with Crippen molar-refractivity contribution in [2.45, 2.75) is 12.8 Å². The largest absolute Gasteiger partial charge is 0.311 e. The van der Waals surface area contributed by atoms with Crippen LogP contribution in [0.3, 0.4) is 0 Å². The van der Waals surface area contributed by atoms with Gasteiger partial charge in [-0.1, -0.05) is 18.2 Å². The first-order chi connectivity index (χ1) is 11.3. The molecule has 0 atom stereocenters. The third kappa shape index (κ3) is 2.75. The van der Waals surface area contributed by atoms with Crippen LogP contribution in [0.4, 0.5) is 5.69 Å². The highest BCUT2D eigenvalue weighted by Crippen LogP contribution is 2.28. The van der Waals surface area contributed by atoms with Crippen LogP contribution in [-0.4, -0.2) is 22.4 Å². The summed E-state index contributed by atoms with van der Waals surface area (Å²) in [5, 5.41) is 2.87. The van der Waals surface area contributed by atoms with Crippen LogP contribution in [0.5, 0.6) is 0 Å². The van der Waals surface area contributed by atoms with Crippen molar-refractivity contribution in [1.82, 2.24) is 9.97 Å². The summed E-state index contributed by atoms with van der Waals surface area (Å²) in [5.41, 5.74) is 4.10. The molecule has 0 radical (unpaired) electrons. The molecule has 2 aromatic heterocycles. The molecule has 114 valence electrons. The molecule has 0 unspecified atom stereocenters. The van der Waals surface area contributed by atoms with Gasteiger partial charge in [0.25, 0.3) is 0 Å². The van der Waals surface area contributed by atoms with Crippen LogP contribution in [0.25, 0.3) is 10.6 Å². The Labute approximate surface area is 138 Å². The van der Waals surface area contributed by atoms with E-state index >= 15 is 0 Å². The maximum absolute atomic E-state index is 12.6. The van der Waals surface area contributed by atoms with Gasteiger partial charge in [0.15, 0.2) is 0 Å². The lowest BCUT2D eigenvalue weighted by molar-refractivity contribution is -0.117. The first-order valence-electron chi connectivity index (χ1n) is 7.54. The van der Waals surface area contributed by atoms with Crippen LogP contribution in [0.15, 0.2) is 54.2 Å². The van der Waals surface area contributed by atoms with Crippen molar-refractivity contribution in [3.05, 3.63) is 65.4 Å². The summed E-state index contributed by atoms with van der Waals surface area (Å²) in [6, 6.07) is 12.0. The predicted octanol–water partition coefficient (Wildman–Crippen LogP) is 3.34. The van der Waals surface area contributed by atoms with Gasteiger partial charge < -0.3 is 4.90 Å². The molecular weight excluding hydrogens is 306 g/mol. The number of carbonyl (C=O) groups excluding carboxylic acids is 1. The van der Waals surface area contributed by atoms with E-state index < -0.39 is 0 Å². The second kappa shape index (κ2) is 5.93. The van der Waals surface area contributed by atoms with Gasteiger partial charge in [0.1, 0.15) is 5.01 Å². The number of rotatable bonds is 3. The molecule has 4 rings (SSSR count). The SMILES string of the molecule is O=C(Cc1csc(-c2cccnc2)n1)N1CCc2ccccc21. The molecule has 0 saturated carbocycles. The molecule has 0 N–H and O–H groups in total. The van der Waals surface area contributed by atoms with Crippen molar-refractivity contribution in [2.75, 3.05) is 11.4 Å². The van der Waals surface area contributed by atoms with Crippen molar-refractivity contribution in [1.29, 1.82) is 0 Å². The van der Waals surface area contributed by atoms with Gasteiger partial charge in [-0.05, 0) is 30.2 Å². The Morgan fingerprint density at radius 1 is 1.22 bits per heavy atom. The van der Waals surface area contributed by atoms with E-state index in [-0.39, 0.29) is 5.91 Å². The summed E-state index contributed by atoms with van der Waals surface area (Å²) in [5.74, 6) is 0.109. The van der Waals surface area contributed by atoms with E-state index in [9.17, 15) is 4.79 Å². The Morgan fingerprint density at radius 2 is 2.13 bits per heavy atom. The van der Waals surface area contributed by atoms with Crippen LogP contribution >= 0.6 is 11.3 Å². The van der Waals surface area contributed by atoms with E-state index in [1.54, 1.807) is 23.7 Å². The van der Waals surface area contributed by atoms with E-state index in [4.69, 9.17) is 0 Å². The highest BCUT2D eigenvalue weighted by Gasteiger charge is 2.24. The lowest BCUT2D eigenvalue weighted by Gasteiger charge is -2.16. The van der Waals surface area contributed by atoms with E-state index in [0.717, 1.165) is 34.9 Å². The molecule has 1 aliphatic heterocycles. The maximum Gasteiger partial charge on any atom is 0.233 e. The molecule has 1 aliphatic rings. The highest BCUT2D eigenvalue weighted by molar-refractivity contribution is 7.13. The summed E-state index contributed by atoms with van der Waals surface area (Å²) in [6.45, 7) is 0.762. The van der Waals surface area contributed by atoms with Crippen LogP contribution in [0.2, 0.25) is 0 Å². The number of fused-ring (bicyclic) bond motifs is 1. The van der Waals surface area contributed by atoms with Crippen LogP contribution in [0.1, 0.15) is 11.3 Å². The van der Waals surface area contributed by atoms with Crippen LogP contribution in [-0.2, 0) is 17.6 Å². The summed E-state index contributed by atoms with van der Waals surface area (Å²) >= 11 is 1.55. The van der Waals surface area contributed by atoms with E-state index in [2.05, 4.69) is 16.0 Å². The third-order valence-electron chi connectivity index (χ3n) is 3.98. The van der Waals surface area contributed by atoms with E-state index in [1.165, 1.54) is 5.56 Å². The molecule has 23 heavy (non-hydrogen) atoms. The van der Waals surface area contributed by atoms with Gasteiger partial charge in [0, 0.05) is 35.6 Å². The normalized spacial score (nSPS) is 13.1. The van der Waals surface area contributed by atoms with Crippen LogP contribution < -0.4 is 4.90 Å². The number of carbonyl (C=O) groups is 1. The molecule has 1 amide bonds. The predicted molar refractivity (Wildman–Crippen MR) is 91.5 cm³/mol. The molecule has 3 aromatic rings. The van der Waals surface area contributed by atoms with Gasteiger partial charge >= 0.3 is 0 Å². The van der Waals surface area contributed by atoms with Gasteiger partial charge in [-0.15, -0.1) is 11.3 Å². The van der Waals surface area contributed by atoms with Gasteiger partial charge in [0.2, 0.25) is 5.91 Å². The van der Waals surface area contributed by atoms with Gasteiger partial charge in [0.05, 0.1) is 12.1 Å². The number of hydrogen-bond acceptors (Lipinski definition) is 4. The number of para-hydroxylation sites is 1. The number of aromatic nitrogens is 2. The second-order valence-electron chi connectivity index (χ2n) is 5.49. The minimum absolute atomic E-state index is 0.109. The first kappa shape index (κ1) is 14.1. The standard InChI is InChI=1S/C18H15N3OS/c22-17(21-9-7-13-4-1-2-6-16(13)21)10-15-12-23-18(20-15)14-5-3-8-19-11-14/h1-6,8,11-12H,7,9-10H2. The van der Waals surface area contributed by atoms with Crippen molar-refractivity contribution in [3.63, 3.8) is 0 Å². The molecule has 0 fully saturated rings. The minimum atomic E-state index is 0.109. The van der Waals surface area contributed by atoms with Gasteiger partial charge in [-0.25, -0.2) is 4.98 Å². The monoisotopic (exact) mass is 321 g/mol. The lowest BCUT2D eigenvalue weighted by atomic mass is 10.2. The lowest BCUT2D eigenvalue weighted by Crippen LogP contribution is -2.30. The third-order valence-corrected chi connectivity index (χ3v) is 4.92. The highest BCUT2D eigenvalue weighted by atomic mass is 32.1. The maximum atomic E-state index is 12.6. The molecular formula is C18H15N3OS. The summed E-state index contributed by atoms with van der Waals surface area (Å²) in [4.78, 5) is 23.2. The van der Waals surface area contributed by atoms with Crippen LogP contribution in [0, 0.1) is 0 Å². The molecule has 0 spiro atoms. The average Bonchev–Trinajstić information content (AvgIpc) is 3.22. The van der Waals surface area contributed by atoms with Gasteiger partial charge in [-0.3, -0.25) is 9.78 Å². The Morgan fingerprint density at radius 3 is 3.00 bits per heavy atom. The number of amides is 1. The fourth-order valence-electron chi connectivity index (χ4n) is 2.86. The number of thiazole rings is 1. The van der Waals surface area contributed by atoms with Crippen molar-refractivity contribution >= 4 is 22.9 Å². The summed E-state index contributed by atoms with van der Waals surface area (Å²) in [6.07, 6.45) is 4.80. The molecule has 0 bridgehead atoms. The number of anilines is 1. The first-order valence-corrected chi connectivity index (χ1v) is 8.42. The van der Waals surface area contributed by atoms with E-state index in [1.807, 2.05) is 40.6 Å². The number of benzene rings is 1. The smallest absolute Gasteiger partial charge is 0.233 e. The number of nitrogens with zero attached hydrogens (tertiary/aromatic N) is 3. The second-order valence-corrected chi connectivity index (χ2v) is 6.34. The summed E-state index contributed by atoms with van der Waals surface area (Å²) in [7, 11) is 0. The van der Waals surface area contributed by atoms with Crippen molar-refractivity contribution < 1.29 is 4.79 Å². The molecule has 4 nitrogen and oxygen atoms in total. The van der Waals surface area contributed by atoms with E-state index in [0.29, 0.717) is 6.42 Å². The molecule has 5 heteroatoms. The fourth-order valence-corrected chi connectivity index (χ4v) is 3.67. The number of pyridine rings is 1. The molecule has 1 aromatic carbocycles. The Balaban J connectivity index is 1.51. The van der Waals surface area contributed by atoms with Crippen molar-refractivity contribution in [2.24, 2.45) is 0 Å². The Hall–Kier alpha value is -2.53. The number of hydrogen-bond donors (Lipinski definition) is 0. The molecule has 0 saturated heterocycles. The molecule has 0 aliphatic carbocycles. The zero-order chi connectivity index (χ0) is 15.6. The van der Waals surface area contributed by atoms with Gasteiger partial charge in [-0.2, -0.15) is 0 Å². The minimum Gasteiger partial charge on any atom is -0.311 e. The Bertz CT molecular complexity index is 844. The quantitative estimate of drug-likeness (QED) is 0.743. The molecule has 3 heterocycles. The zero-order valence-electron chi connectivity index (χ0n) is 12.5. The topological polar surface area (TPSA) is 46.1 Å². The Kier molecular flexibility index (Phi) is 3.63. The zero-order valence-corrected chi connectivity index (χ0v) is 13.3.